The maximum Gasteiger partial charge on any atom is 0.421 e. The summed E-state index contributed by atoms with van der Waals surface area (Å²) in [4.78, 5) is 22.6. The van der Waals surface area contributed by atoms with Crippen molar-refractivity contribution in [2.45, 2.75) is 57.9 Å². The second-order valence-electron chi connectivity index (χ2n) is 8.97. The minimum Gasteiger partial charge on any atom is -0.366 e. The van der Waals surface area contributed by atoms with Crippen LogP contribution in [0.15, 0.2) is 30.5 Å². The third kappa shape index (κ3) is 6.80. The Balaban J connectivity index is 1.84. The third-order valence-electron chi connectivity index (χ3n) is 5.38. The highest BCUT2D eigenvalue weighted by Crippen LogP contribution is 2.36. The minimum atomic E-state index is -4.62. The number of aromatic nitrogens is 2. The number of carbonyl (C=O) groups excluding carboxylic acids is 1. The van der Waals surface area contributed by atoms with Crippen LogP contribution in [0.3, 0.4) is 0 Å². The minimum absolute atomic E-state index is 0.0393. The van der Waals surface area contributed by atoms with Crippen LogP contribution in [0.4, 0.5) is 30.6 Å². The van der Waals surface area contributed by atoms with E-state index in [1.54, 1.807) is 6.07 Å². The van der Waals surface area contributed by atoms with Gasteiger partial charge in [0, 0.05) is 30.5 Å². The van der Waals surface area contributed by atoms with Crippen molar-refractivity contribution in [1.29, 1.82) is 0 Å². The molecule has 1 aromatic carbocycles. The van der Waals surface area contributed by atoms with Gasteiger partial charge < -0.3 is 20.9 Å². The van der Waals surface area contributed by atoms with Crippen LogP contribution in [0.2, 0.25) is 0 Å². The van der Waals surface area contributed by atoms with Crippen LogP contribution in [0, 0.1) is 5.92 Å². The molecule has 1 aliphatic rings. The van der Waals surface area contributed by atoms with Crippen LogP contribution in [0.25, 0.3) is 0 Å². The lowest BCUT2D eigenvalue weighted by Crippen LogP contribution is -2.41. The average molecular weight is 465 g/mol. The summed E-state index contributed by atoms with van der Waals surface area (Å²) >= 11 is 0. The normalized spacial score (nSPS) is 18.6. The molecule has 1 fully saturated rings. The molecule has 1 heterocycles. The van der Waals surface area contributed by atoms with E-state index >= 15 is 0 Å². The molecule has 0 saturated heterocycles. The molecule has 2 aromatic rings. The first-order chi connectivity index (χ1) is 15.5. The monoisotopic (exact) mass is 464 g/mol. The van der Waals surface area contributed by atoms with E-state index in [0.717, 1.165) is 24.7 Å². The van der Waals surface area contributed by atoms with E-state index < -0.39 is 23.7 Å². The molecule has 1 amide bonds. The molecule has 0 radical (unpaired) electrons. The number of anilines is 3. The fraction of sp³-hybridized carbons (Fsp3) is 0.522. The van der Waals surface area contributed by atoms with E-state index in [-0.39, 0.29) is 23.7 Å². The molecule has 1 aliphatic carbocycles. The molecule has 3 rings (SSSR count). The fourth-order valence-electron chi connectivity index (χ4n) is 4.02. The van der Waals surface area contributed by atoms with Crippen molar-refractivity contribution in [1.82, 2.24) is 20.2 Å². The van der Waals surface area contributed by atoms with Gasteiger partial charge in [-0.2, -0.15) is 18.2 Å². The molecule has 1 saturated carbocycles. The van der Waals surface area contributed by atoms with Crippen molar-refractivity contribution >= 4 is 23.4 Å². The number of nitrogens with one attached hydrogen (secondary N) is 3. The molecule has 33 heavy (non-hydrogen) atoms. The summed E-state index contributed by atoms with van der Waals surface area (Å²) in [7, 11) is 3.91. The van der Waals surface area contributed by atoms with E-state index in [2.05, 4.69) is 25.9 Å². The molecule has 0 unspecified atom stereocenters. The van der Waals surface area contributed by atoms with Gasteiger partial charge in [-0.15, -0.1) is 0 Å². The Labute approximate surface area is 192 Å². The van der Waals surface area contributed by atoms with Crippen LogP contribution in [-0.2, 0) is 17.5 Å². The van der Waals surface area contributed by atoms with Gasteiger partial charge >= 0.3 is 6.18 Å². The third-order valence-corrected chi connectivity index (χ3v) is 5.38. The number of hydrogen-bond acceptors (Lipinski definition) is 6. The molecular weight excluding hydrogens is 433 g/mol. The zero-order chi connectivity index (χ0) is 24.2. The zero-order valence-corrected chi connectivity index (χ0v) is 19.3. The molecule has 0 aliphatic heterocycles. The zero-order valence-electron chi connectivity index (χ0n) is 19.3. The summed E-state index contributed by atoms with van der Waals surface area (Å²) in [6.07, 6.45) is -1.89. The quantitative estimate of drug-likeness (QED) is 0.537. The number of amides is 1. The first kappa shape index (κ1) is 24.8. The van der Waals surface area contributed by atoms with Crippen molar-refractivity contribution in [3.63, 3.8) is 0 Å². The highest BCUT2D eigenvalue weighted by molar-refractivity contribution is 5.80. The van der Waals surface area contributed by atoms with Crippen molar-refractivity contribution in [2.75, 3.05) is 24.7 Å². The number of halogens is 3. The Hall–Kier alpha value is -2.88. The molecule has 180 valence electrons. The number of carbonyl (C=O) groups is 1. The molecule has 0 bridgehead atoms. The lowest BCUT2D eigenvalue weighted by molar-refractivity contribution is -0.137. The molecule has 7 nitrogen and oxygen atoms in total. The number of nitrogens with zero attached hydrogens (tertiary/aromatic N) is 3. The van der Waals surface area contributed by atoms with E-state index in [1.807, 2.05) is 51.0 Å². The number of alkyl halides is 3. The summed E-state index contributed by atoms with van der Waals surface area (Å²) < 4.78 is 41.0. The van der Waals surface area contributed by atoms with Crippen molar-refractivity contribution in [3.8, 4) is 0 Å². The van der Waals surface area contributed by atoms with Gasteiger partial charge in [-0.25, -0.2) is 4.98 Å². The largest absolute Gasteiger partial charge is 0.421 e. The van der Waals surface area contributed by atoms with Crippen LogP contribution < -0.4 is 16.0 Å². The first-order valence-electron chi connectivity index (χ1n) is 11.0. The summed E-state index contributed by atoms with van der Waals surface area (Å²) in [5.74, 6) is -0.839. The van der Waals surface area contributed by atoms with Crippen LogP contribution in [0.1, 0.15) is 44.2 Å². The Morgan fingerprint density at radius 3 is 2.67 bits per heavy atom. The summed E-state index contributed by atoms with van der Waals surface area (Å²) in [6, 6.07) is 7.06. The van der Waals surface area contributed by atoms with Crippen LogP contribution >= 0.6 is 0 Å². The maximum atomic E-state index is 13.7. The highest BCUT2D eigenvalue weighted by atomic mass is 19.4. The van der Waals surface area contributed by atoms with E-state index in [9.17, 15) is 18.0 Å². The standard InChI is InChI=1S/C23H31F3N6O/c1-14(2)28-21(33)17-9-6-10-19(17)30-20-18(23(24,25)26)12-27-22(31-20)29-16-8-5-7-15(11-16)13-32(3)4/h5,7-8,11-12,14,17,19H,6,9-10,13H2,1-4H3,(H,28,33)(H2,27,29,30,31)/t17-,19+/m0/s1. The van der Waals surface area contributed by atoms with Gasteiger partial charge in [-0.1, -0.05) is 18.6 Å². The number of rotatable bonds is 8. The SMILES string of the molecule is CC(C)NC(=O)[C@H]1CCC[C@H]1Nc1nc(Nc2cccc(CN(C)C)c2)ncc1C(F)(F)F. The van der Waals surface area contributed by atoms with Gasteiger partial charge in [0.15, 0.2) is 0 Å². The predicted molar refractivity (Wildman–Crippen MR) is 122 cm³/mol. The van der Waals surface area contributed by atoms with Gasteiger partial charge in [0.2, 0.25) is 11.9 Å². The lowest BCUT2D eigenvalue weighted by Gasteiger charge is -2.24. The summed E-state index contributed by atoms with van der Waals surface area (Å²) in [5.41, 5.74) is 0.764. The van der Waals surface area contributed by atoms with Gasteiger partial charge in [-0.3, -0.25) is 4.79 Å². The maximum absolute atomic E-state index is 13.7. The first-order valence-corrected chi connectivity index (χ1v) is 11.0. The Bertz CT molecular complexity index is 963. The molecule has 3 N–H and O–H groups in total. The second-order valence-corrected chi connectivity index (χ2v) is 8.97. The lowest BCUT2D eigenvalue weighted by atomic mass is 10.0. The molecule has 1 aromatic heterocycles. The molecular formula is C23H31F3N6O. The Kier molecular flexibility index (Phi) is 7.78. The van der Waals surface area contributed by atoms with Gasteiger partial charge in [0.1, 0.15) is 11.4 Å². The Morgan fingerprint density at radius 2 is 2.00 bits per heavy atom. The number of hydrogen-bond donors (Lipinski definition) is 3. The van der Waals surface area contributed by atoms with Crippen LogP contribution in [-0.4, -0.2) is 47.0 Å². The second kappa shape index (κ2) is 10.4. The topological polar surface area (TPSA) is 82.2 Å². The fourth-order valence-corrected chi connectivity index (χ4v) is 4.02. The van der Waals surface area contributed by atoms with Crippen LogP contribution in [0.5, 0.6) is 0 Å². The average Bonchev–Trinajstić information content (AvgIpc) is 3.15. The molecule has 2 atom stereocenters. The predicted octanol–water partition coefficient (Wildman–Crippen LogP) is 4.41. The van der Waals surface area contributed by atoms with E-state index in [4.69, 9.17) is 0 Å². The van der Waals surface area contributed by atoms with Crippen molar-refractivity contribution in [2.24, 2.45) is 5.92 Å². The van der Waals surface area contributed by atoms with Gasteiger partial charge in [0.25, 0.3) is 0 Å². The molecule has 10 heteroatoms. The Morgan fingerprint density at radius 1 is 1.24 bits per heavy atom. The highest BCUT2D eigenvalue weighted by Gasteiger charge is 2.38. The summed E-state index contributed by atoms with van der Waals surface area (Å²) in [5, 5.41) is 8.76. The van der Waals surface area contributed by atoms with E-state index in [0.29, 0.717) is 18.5 Å². The van der Waals surface area contributed by atoms with E-state index in [1.165, 1.54) is 0 Å². The smallest absolute Gasteiger partial charge is 0.366 e. The number of benzene rings is 1. The molecule has 0 spiro atoms. The summed E-state index contributed by atoms with van der Waals surface area (Å²) in [6.45, 7) is 4.43. The van der Waals surface area contributed by atoms with Gasteiger partial charge in [0.05, 0.1) is 5.92 Å². The van der Waals surface area contributed by atoms with Crippen molar-refractivity contribution < 1.29 is 18.0 Å². The van der Waals surface area contributed by atoms with Crippen molar-refractivity contribution in [3.05, 3.63) is 41.6 Å². The van der Waals surface area contributed by atoms with Gasteiger partial charge in [-0.05, 0) is 58.5 Å².